The molecule has 0 aliphatic carbocycles. The van der Waals surface area contributed by atoms with Crippen LogP contribution in [0.3, 0.4) is 0 Å². The lowest BCUT2D eigenvalue weighted by Crippen LogP contribution is -2.16. The van der Waals surface area contributed by atoms with E-state index >= 15 is 0 Å². The van der Waals surface area contributed by atoms with Crippen LogP contribution in [0.25, 0.3) is 0 Å². The molecule has 0 N–H and O–H groups in total. The Labute approximate surface area is 129 Å². The maximum absolute atomic E-state index is 14.4. The lowest BCUT2D eigenvalue weighted by atomic mass is 9.91. The topological polar surface area (TPSA) is 49.2 Å². The van der Waals surface area contributed by atoms with Gasteiger partial charge in [0.05, 0.1) is 5.69 Å². The largest absolute Gasteiger partial charge is 0.486 e. The van der Waals surface area contributed by atoms with Crippen LogP contribution in [0.5, 0.6) is 11.5 Å². The van der Waals surface area contributed by atoms with Crippen LogP contribution in [0.4, 0.5) is 4.39 Å². The molecule has 2 heterocycles. The van der Waals surface area contributed by atoms with Crippen molar-refractivity contribution in [2.24, 2.45) is 0 Å². The molecule has 0 fully saturated rings. The molecule has 1 aliphatic heterocycles. The first kappa shape index (κ1) is 14.8. The second kappa shape index (κ2) is 6.34. The Hall–Kier alpha value is -2.11. The van der Waals surface area contributed by atoms with Crippen molar-refractivity contribution in [3.63, 3.8) is 0 Å². The highest BCUT2D eigenvalue weighted by Crippen LogP contribution is 2.37. The Bertz CT molecular complexity index is 657. The molecule has 118 valence electrons. The van der Waals surface area contributed by atoms with Crippen LogP contribution in [0.2, 0.25) is 0 Å². The van der Waals surface area contributed by atoms with Crippen molar-refractivity contribution >= 4 is 0 Å². The predicted molar refractivity (Wildman–Crippen MR) is 79.8 cm³/mol. The molecule has 2 aromatic rings. The molecule has 6 heteroatoms. The molecule has 22 heavy (non-hydrogen) atoms. The number of ether oxygens (including phenoxy) is 2. The van der Waals surface area contributed by atoms with Gasteiger partial charge in [-0.3, -0.25) is 4.68 Å². The third-order valence-electron chi connectivity index (χ3n) is 3.96. The van der Waals surface area contributed by atoms with Crippen LogP contribution in [-0.2, 0) is 13.0 Å². The highest BCUT2D eigenvalue weighted by atomic mass is 19.1. The molecule has 0 saturated heterocycles. The van der Waals surface area contributed by atoms with E-state index in [1.807, 2.05) is 20.0 Å². The molecule has 0 amide bonds. The molecule has 1 aromatic carbocycles. The van der Waals surface area contributed by atoms with Gasteiger partial charge in [0.2, 0.25) is 0 Å². The summed E-state index contributed by atoms with van der Waals surface area (Å²) in [6.45, 7) is 5.80. The zero-order chi connectivity index (χ0) is 15.5. The molecule has 1 unspecified atom stereocenters. The van der Waals surface area contributed by atoms with Crippen molar-refractivity contribution in [1.29, 1.82) is 0 Å². The van der Waals surface area contributed by atoms with Crippen LogP contribution >= 0.6 is 0 Å². The zero-order valence-electron chi connectivity index (χ0n) is 12.9. The van der Waals surface area contributed by atoms with E-state index in [4.69, 9.17) is 9.47 Å². The van der Waals surface area contributed by atoms with Crippen molar-refractivity contribution in [3.8, 4) is 11.5 Å². The summed E-state index contributed by atoms with van der Waals surface area (Å²) in [5.41, 5.74) is 1.53. The summed E-state index contributed by atoms with van der Waals surface area (Å²) in [5, 5.41) is 8.19. The van der Waals surface area contributed by atoms with Crippen LogP contribution < -0.4 is 9.47 Å². The number of rotatable bonds is 5. The summed E-state index contributed by atoms with van der Waals surface area (Å²) in [4.78, 5) is 0. The minimum Gasteiger partial charge on any atom is -0.486 e. The Kier molecular flexibility index (Phi) is 4.27. The molecule has 1 atom stereocenters. The lowest BCUT2D eigenvalue weighted by molar-refractivity contribution is 0.170. The van der Waals surface area contributed by atoms with E-state index in [1.165, 1.54) is 6.07 Å². The van der Waals surface area contributed by atoms with E-state index in [0.717, 1.165) is 18.7 Å². The summed E-state index contributed by atoms with van der Waals surface area (Å²) >= 11 is 0. The number of nitrogens with zero attached hydrogens (tertiary/aromatic N) is 3. The van der Waals surface area contributed by atoms with Gasteiger partial charge in [0.15, 0.2) is 11.5 Å². The molecular weight excluding hydrogens is 285 g/mol. The summed E-state index contributed by atoms with van der Waals surface area (Å²) in [6.07, 6.45) is 3.39. The van der Waals surface area contributed by atoms with E-state index in [0.29, 0.717) is 36.7 Å². The number of aryl methyl sites for hydroxylation is 1. The molecule has 0 spiro atoms. The Morgan fingerprint density at radius 2 is 1.95 bits per heavy atom. The maximum atomic E-state index is 14.4. The third kappa shape index (κ3) is 2.91. The highest BCUT2D eigenvalue weighted by Gasteiger charge is 2.21. The van der Waals surface area contributed by atoms with Crippen molar-refractivity contribution < 1.29 is 13.9 Å². The smallest absolute Gasteiger partial charge is 0.164 e. The Balaban J connectivity index is 1.86. The van der Waals surface area contributed by atoms with Gasteiger partial charge in [0, 0.05) is 25.2 Å². The van der Waals surface area contributed by atoms with Gasteiger partial charge < -0.3 is 9.47 Å². The fourth-order valence-electron chi connectivity index (χ4n) is 2.71. The number of hydrogen-bond donors (Lipinski definition) is 0. The van der Waals surface area contributed by atoms with Crippen LogP contribution in [0, 0.1) is 5.82 Å². The van der Waals surface area contributed by atoms with Crippen LogP contribution in [-0.4, -0.2) is 28.2 Å². The second-order valence-electron chi connectivity index (χ2n) is 5.39. The minimum atomic E-state index is -0.251. The molecule has 1 aromatic heterocycles. The summed E-state index contributed by atoms with van der Waals surface area (Å²) in [6, 6.07) is 3.19. The SMILES string of the molecule is CCC(Cc1cn(CC)nn1)c1cc2c(cc1F)OCCO2. The summed E-state index contributed by atoms with van der Waals surface area (Å²) < 4.78 is 27.2. The fourth-order valence-corrected chi connectivity index (χ4v) is 2.71. The molecule has 1 aliphatic rings. The van der Waals surface area contributed by atoms with Gasteiger partial charge in [-0.1, -0.05) is 12.1 Å². The summed E-state index contributed by atoms with van der Waals surface area (Å²) in [5.74, 6) is 0.898. The third-order valence-corrected chi connectivity index (χ3v) is 3.96. The van der Waals surface area contributed by atoms with Gasteiger partial charge in [-0.05, 0) is 30.9 Å². The van der Waals surface area contributed by atoms with Crippen molar-refractivity contribution in [2.75, 3.05) is 13.2 Å². The standard InChI is InChI=1S/C16H20FN3O2/c1-3-11(7-12-10-20(4-2)19-18-12)13-8-15-16(9-14(13)17)22-6-5-21-15/h8-11H,3-7H2,1-2H3. The first-order chi connectivity index (χ1) is 10.7. The maximum Gasteiger partial charge on any atom is 0.164 e. The van der Waals surface area contributed by atoms with E-state index < -0.39 is 0 Å². The molecule has 5 nitrogen and oxygen atoms in total. The normalized spacial score (nSPS) is 14.9. The number of halogens is 1. The monoisotopic (exact) mass is 305 g/mol. The van der Waals surface area contributed by atoms with E-state index in [9.17, 15) is 4.39 Å². The minimum absolute atomic E-state index is 0.0397. The predicted octanol–water partition coefficient (Wildman–Crippen LogP) is 2.94. The van der Waals surface area contributed by atoms with Gasteiger partial charge in [-0.15, -0.1) is 5.10 Å². The van der Waals surface area contributed by atoms with Crippen molar-refractivity contribution in [1.82, 2.24) is 15.0 Å². The van der Waals surface area contributed by atoms with E-state index in [2.05, 4.69) is 10.3 Å². The fraction of sp³-hybridized carbons (Fsp3) is 0.500. The van der Waals surface area contributed by atoms with Gasteiger partial charge in [-0.25, -0.2) is 4.39 Å². The average molecular weight is 305 g/mol. The quantitative estimate of drug-likeness (QED) is 0.852. The van der Waals surface area contributed by atoms with Crippen molar-refractivity contribution in [3.05, 3.63) is 35.4 Å². The van der Waals surface area contributed by atoms with Gasteiger partial charge in [0.25, 0.3) is 0 Å². The van der Waals surface area contributed by atoms with Gasteiger partial charge in [0.1, 0.15) is 19.0 Å². The number of benzene rings is 1. The Morgan fingerprint density at radius 3 is 2.59 bits per heavy atom. The summed E-state index contributed by atoms with van der Waals surface area (Å²) in [7, 11) is 0. The lowest BCUT2D eigenvalue weighted by Gasteiger charge is -2.22. The number of hydrogen-bond acceptors (Lipinski definition) is 4. The molecule has 0 saturated carbocycles. The van der Waals surface area contributed by atoms with Crippen molar-refractivity contribution in [2.45, 2.75) is 39.2 Å². The first-order valence-electron chi connectivity index (χ1n) is 7.69. The van der Waals surface area contributed by atoms with Crippen LogP contribution in [0.1, 0.15) is 37.4 Å². The second-order valence-corrected chi connectivity index (χ2v) is 5.39. The molecule has 0 radical (unpaired) electrons. The number of aromatic nitrogens is 3. The molecular formula is C16H20FN3O2. The Morgan fingerprint density at radius 1 is 1.23 bits per heavy atom. The van der Waals surface area contributed by atoms with E-state index in [-0.39, 0.29) is 11.7 Å². The average Bonchev–Trinajstić information content (AvgIpc) is 3.00. The molecule has 0 bridgehead atoms. The molecule has 3 rings (SSSR count). The van der Waals surface area contributed by atoms with Gasteiger partial charge >= 0.3 is 0 Å². The van der Waals surface area contributed by atoms with Gasteiger partial charge in [-0.2, -0.15) is 0 Å². The zero-order valence-corrected chi connectivity index (χ0v) is 12.9. The first-order valence-corrected chi connectivity index (χ1v) is 7.69. The van der Waals surface area contributed by atoms with Crippen LogP contribution in [0.15, 0.2) is 18.3 Å². The van der Waals surface area contributed by atoms with E-state index in [1.54, 1.807) is 10.7 Å². The highest BCUT2D eigenvalue weighted by molar-refractivity contribution is 5.45. The number of fused-ring (bicyclic) bond motifs is 1.